The predicted octanol–water partition coefficient (Wildman–Crippen LogP) is 2.26. The molecule has 0 aromatic heterocycles. The van der Waals surface area contributed by atoms with E-state index in [9.17, 15) is 18.0 Å². The molecule has 1 N–H and O–H groups in total. The third kappa shape index (κ3) is 7.50. The van der Waals surface area contributed by atoms with Gasteiger partial charge in [0.05, 0.1) is 6.61 Å². The Morgan fingerprint density at radius 2 is 2.00 bits per heavy atom. The smallest absolute Gasteiger partial charge is 0.389 e. The lowest BCUT2D eigenvalue weighted by Gasteiger charge is -2.15. The van der Waals surface area contributed by atoms with Gasteiger partial charge in [0.25, 0.3) is 0 Å². The van der Waals surface area contributed by atoms with Gasteiger partial charge < -0.3 is 10.1 Å². The van der Waals surface area contributed by atoms with Gasteiger partial charge in [0.15, 0.2) is 0 Å². The third-order valence-electron chi connectivity index (χ3n) is 2.01. The molecule has 0 saturated heterocycles. The van der Waals surface area contributed by atoms with Gasteiger partial charge in [0.2, 0.25) is 0 Å². The van der Waals surface area contributed by atoms with Crippen LogP contribution in [0.4, 0.5) is 13.2 Å². The largest absolute Gasteiger partial charge is 0.465 e. The van der Waals surface area contributed by atoms with E-state index in [1.165, 1.54) is 0 Å². The van der Waals surface area contributed by atoms with Gasteiger partial charge in [-0.3, -0.25) is 4.79 Å². The molecule has 0 spiro atoms. The fraction of sp³-hybridized carbons (Fsp3) is 0.900. The molecule has 0 rings (SSSR count). The Morgan fingerprint density at radius 1 is 1.38 bits per heavy atom. The molecular formula is C10H18F3NO2. The zero-order valence-corrected chi connectivity index (χ0v) is 9.56. The van der Waals surface area contributed by atoms with Crippen LogP contribution in [0.2, 0.25) is 0 Å². The second kappa shape index (κ2) is 7.49. The molecule has 0 aromatic rings. The molecule has 0 radical (unpaired) electrons. The Balaban J connectivity index is 3.75. The number of rotatable bonds is 7. The lowest BCUT2D eigenvalue weighted by atomic mass is 10.2. The Labute approximate surface area is 93.3 Å². The third-order valence-corrected chi connectivity index (χ3v) is 2.01. The first-order valence-corrected chi connectivity index (χ1v) is 5.37. The normalized spacial score (nSPS) is 13.6. The zero-order valence-electron chi connectivity index (χ0n) is 9.56. The van der Waals surface area contributed by atoms with Crippen molar-refractivity contribution in [3.05, 3.63) is 0 Å². The van der Waals surface area contributed by atoms with Crippen molar-refractivity contribution in [2.24, 2.45) is 0 Å². The summed E-state index contributed by atoms with van der Waals surface area (Å²) in [5.74, 6) is -0.406. The van der Waals surface area contributed by atoms with Gasteiger partial charge >= 0.3 is 12.1 Å². The van der Waals surface area contributed by atoms with Crippen molar-refractivity contribution in [1.82, 2.24) is 5.32 Å². The summed E-state index contributed by atoms with van der Waals surface area (Å²) in [5.41, 5.74) is 0. The topological polar surface area (TPSA) is 38.3 Å². The number of nitrogens with one attached hydrogen (secondary N) is 1. The van der Waals surface area contributed by atoms with Gasteiger partial charge in [0, 0.05) is 6.42 Å². The van der Waals surface area contributed by atoms with Gasteiger partial charge in [-0.2, -0.15) is 13.2 Å². The first-order valence-electron chi connectivity index (χ1n) is 5.37. The number of alkyl halides is 3. The van der Waals surface area contributed by atoms with E-state index in [4.69, 9.17) is 4.74 Å². The maximum atomic E-state index is 11.8. The monoisotopic (exact) mass is 241 g/mol. The Hall–Kier alpha value is -0.780. The van der Waals surface area contributed by atoms with Crippen LogP contribution < -0.4 is 5.32 Å². The predicted molar refractivity (Wildman–Crippen MR) is 54.0 cm³/mol. The van der Waals surface area contributed by atoms with Crippen molar-refractivity contribution in [3.8, 4) is 0 Å². The molecule has 0 bridgehead atoms. The highest BCUT2D eigenvalue weighted by Gasteiger charge is 2.26. The minimum atomic E-state index is -4.13. The van der Waals surface area contributed by atoms with Gasteiger partial charge in [0.1, 0.15) is 6.04 Å². The molecule has 3 nitrogen and oxygen atoms in total. The fourth-order valence-corrected chi connectivity index (χ4v) is 1.20. The van der Waals surface area contributed by atoms with Crippen LogP contribution in [0.1, 0.15) is 33.1 Å². The van der Waals surface area contributed by atoms with E-state index in [1.54, 1.807) is 13.8 Å². The van der Waals surface area contributed by atoms with Crippen LogP contribution in [0.3, 0.4) is 0 Å². The summed E-state index contributed by atoms with van der Waals surface area (Å²) < 4.78 is 40.2. The molecule has 0 amide bonds. The molecule has 0 fully saturated rings. The van der Waals surface area contributed by atoms with Gasteiger partial charge in [-0.1, -0.05) is 6.92 Å². The van der Waals surface area contributed by atoms with E-state index >= 15 is 0 Å². The van der Waals surface area contributed by atoms with Gasteiger partial charge in [-0.25, -0.2) is 0 Å². The zero-order chi connectivity index (χ0) is 12.6. The van der Waals surface area contributed by atoms with E-state index in [-0.39, 0.29) is 19.6 Å². The van der Waals surface area contributed by atoms with Crippen LogP contribution >= 0.6 is 0 Å². The van der Waals surface area contributed by atoms with Crippen LogP contribution in [0, 0.1) is 0 Å². The van der Waals surface area contributed by atoms with Crippen molar-refractivity contribution in [3.63, 3.8) is 0 Å². The highest BCUT2D eigenvalue weighted by Crippen LogP contribution is 2.20. The first-order chi connectivity index (χ1) is 7.40. The molecule has 6 heteroatoms. The average molecular weight is 241 g/mol. The summed E-state index contributed by atoms with van der Waals surface area (Å²) in [6.45, 7) is 3.91. The second-order valence-corrected chi connectivity index (χ2v) is 3.39. The van der Waals surface area contributed by atoms with E-state index in [0.29, 0.717) is 6.42 Å². The number of hydrogen-bond acceptors (Lipinski definition) is 3. The highest BCUT2D eigenvalue weighted by atomic mass is 19.4. The molecule has 0 saturated carbocycles. The van der Waals surface area contributed by atoms with Crippen molar-refractivity contribution in [1.29, 1.82) is 0 Å². The lowest BCUT2D eigenvalue weighted by molar-refractivity contribution is -0.145. The molecule has 0 aromatic carbocycles. The lowest BCUT2D eigenvalue weighted by Crippen LogP contribution is -2.38. The summed E-state index contributed by atoms with van der Waals surface area (Å²) >= 11 is 0. The molecule has 96 valence electrons. The Kier molecular flexibility index (Phi) is 7.12. The first kappa shape index (κ1) is 15.2. The summed E-state index contributed by atoms with van der Waals surface area (Å²) in [6.07, 6.45) is -4.49. The van der Waals surface area contributed by atoms with Crippen LogP contribution in [-0.4, -0.2) is 31.3 Å². The van der Waals surface area contributed by atoms with E-state index in [1.807, 2.05) is 0 Å². The van der Waals surface area contributed by atoms with Crippen LogP contribution in [0.5, 0.6) is 0 Å². The molecule has 1 atom stereocenters. The van der Waals surface area contributed by atoms with Gasteiger partial charge in [-0.15, -0.1) is 0 Å². The molecule has 0 aliphatic rings. The number of esters is 1. The van der Waals surface area contributed by atoms with Crippen molar-refractivity contribution < 1.29 is 22.7 Å². The molecule has 0 aliphatic heterocycles. The van der Waals surface area contributed by atoms with E-state index in [2.05, 4.69) is 5.32 Å². The fourth-order valence-electron chi connectivity index (χ4n) is 1.20. The van der Waals surface area contributed by atoms with Crippen LogP contribution in [0.25, 0.3) is 0 Å². The SMILES string of the molecule is CCOC(=O)C(CC)NCCCC(F)(F)F. The number of carbonyl (C=O) groups excluding carboxylic acids is 1. The molecule has 1 unspecified atom stereocenters. The maximum absolute atomic E-state index is 11.8. The van der Waals surface area contributed by atoms with Crippen LogP contribution in [-0.2, 0) is 9.53 Å². The van der Waals surface area contributed by atoms with E-state index < -0.39 is 24.6 Å². The van der Waals surface area contributed by atoms with Crippen molar-refractivity contribution in [2.45, 2.75) is 45.3 Å². The molecule has 16 heavy (non-hydrogen) atoms. The highest BCUT2D eigenvalue weighted by molar-refractivity contribution is 5.75. The number of halogens is 3. The average Bonchev–Trinajstić information content (AvgIpc) is 2.16. The Bertz CT molecular complexity index is 207. The van der Waals surface area contributed by atoms with Crippen molar-refractivity contribution in [2.75, 3.05) is 13.2 Å². The number of hydrogen-bond donors (Lipinski definition) is 1. The Morgan fingerprint density at radius 3 is 2.44 bits per heavy atom. The summed E-state index contributed by atoms with van der Waals surface area (Å²) in [5, 5.41) is 2.75. The minimum Gasteiger partial charge on any atom is -0.465 e. The summed E-state index contributed by atoms with van der Waals surface area (Å²) in [7, 11) is 0. The van der Waals surface area contributed by atoms with E-state index in [0.717, 1.165) is 0 Å². The quantitative estimate of drug-likeness (QED) is 0.549. The molecule has 0 aliphatic carbocycles. The number of ether oxygens (including phenoxy) is 1. The van der Waals surface area contributed by atoms with Gasteiger partial charge in [-0.05, 0) is 26.3 Å². The standard InChI is InChI=1S/C10H18F3NO2/c1-3-8(9(15)16-4-2)14-7-5-6-10(11,12)13/h8,14H,3-7H2,1-2H3. The second-order valence-electron chi connectivity index (χ2n) is 3.39. The van der Waals surface area contributed by atoms with Crippen molar-refractivity contribution >= 4 is 5.97 Å². The minimum absolute atomic E-state index is 0.0284. The number of carbonyl (C=O) groups is 1. The van der Waals surface area contributed by atoms with Crippen LogP contribution in [0.15, 0.2) is 0 Å². The summed E-state index contributed by atoms with van der Waals surface area (Å²) in [6, 6.07) is -0.506. The molecular weight excluding hydrogens is 223 g/mol. The summed E-state index contributed by atoms with van der Waals surface area (Å²) in [4.78, 5) is 11.3. The molecule has 0 heterocycles. The maximum Gasteiger partial charge on any atom is 0.389 e.